The van der Waals surface area contributed by atoms with Crippen LogP contribution in [-0.4, -0.2) is 19.4 Å². The number of hydrogen-bond acceptors (Lipinski definition) is 3. The van der Waals surface area contributed by atoms with Crippen molar-refractivity contribution in [3.05, 3.63) is 34.1 Å². The average molecular weight is 345 g/mol. The summed E-state index contributed by atoms with van der Waals surface area (Å²) in [7, 11) is 0. The highest BCUT2D eigenvalue weighted by Gasteiger charge is 2.27. The highest BCUT2D eigenvalue weighted by atomic mass is 79.9. The summed E-state index contributed by atoms with van der Waals surface area (Å²) in [6.45, 7) is -1.51. The SMILES string of the molecule is NNC(CCOCC(F)(F)F)c1cccc(Br)c1F. The van der Waals surface area contributed by atoms with Crippen molar-refractivity contribution >= 4 is 15.9 Å². The minimum Gasteiger partial charge on any atom is -0.372 e. The van der Waals surface area contributed by atoms with Crippen molar-refractivity contribution in [3.8, 4) is 0 Å². The Labute approximate surface area is 116 Å². The van der Waals surface area contributed by atoms with Gasteiger partial charge in [-0.15, -0.1) is 0 Å². The maximum atomic E-state index is 13.8. The largest absolute Gasteiger partial charge is 0.411 e. The molecule has 3 nitrogen and oxygen atoms in total. The Hall–Kier alpha value is -0.700. The molecule has 0 saturated heterocycles. The number of alkyl halides is 3. The molecule has 1 aromatic rings. The number of benzene rings is 1. The summed E-state index contributed by atoms with van der Waals surface area (Å²) >= 11 is 3.03. The summed E-state index contributed by atoms with van der Waals surface area (Å²) < 4.78 is 54.1. The van der Waals surface area contributed by atoms with Gasteiger partial charge in [0.05, 0.1) is 10.5 Å². The minimum atomic E-state index is -4.37. The van der Waals surface area contributed by atoms with Gasteiger partial charge in [-0.3, -0.25) is 11.3 Å². The second-order valence-electron chi connectivity index (χ2n) is 3.82. The molecular weight excluding hydrogens is 332 g/mol. The van der Waals surface area contributed by atoms with E-state index < -0.39 is 24.6 Å². The molecule has 1 rings (SSSR count). The molecule has 1 aromatic carbocycles. The maximum absolute atomic E-state index is 13.8. The summed E-state index contributed by atoms with van der Waals surface area (Å²) in [5, 5.41) is 0. The molecule has 0 aliphatic carbocycles. The Kier molecular flexibility index (Phi) is 6.18. The second kappa shape index (κ2) is 7.18. The van der Waals surface area contributed by atoms with Crippen LogP contribution in [0.3, 0.4) is 0 Å². The predicted octanol–water partition coefficient (Wildman–Crippen LogP) is 3.06. The van der Waals surface area contributed by atoms with E-state index >= 15 is 0 Å². The highest BCUT2D eigenvalue weighted by Crippen LogP contribution is 2.25. The zero-order valence-corrected chi connectivity index (χ0v) is 11.4. The van der Waals surface area contributed by atoms with Gasteiger partial charge in [0.15, 0.2) is 0 Å². The van der Waals surface area contributed by atoms with Gasteiger partial charge in [-0.05, 0) is 28.4 Å². The quantitative estimate of drug-likeness (QED) is 0.361. The Bertz CT molecular complexity index is 414. The van der Waals surface area contributed by atoms with Crippen molar-refractivity contribution in [2.45, 2.75) is 18.6 Å². The fraction of sp³-hybridized carbons (Fsp3) is 0.455. The smallest absolute Gasteiger partial charge is 0.372 e. The van der Waals surface area contributed by atoms with Crippen LogP contribution in [0.1, 0.15) is 18.0 Å². The van der Waals surface area contributed by atoms with Gasteiger partial charge in [-0.1, -0.05) is 12.1 Å². The van der Waals surface area contributed by atoms with Gasteiger partial charge in [0.1, 0.15) is 12.4 Å². The van der Waals surface area contributed by atoms with Gasteiger partial charge in [0.25, 0.3) is 0 Å². The minimum absolute atomic E-state index is 0.125. The van der Waals surface area contributed by atoms with Crippen LogP contribution in [0, 0.1) is 5.82 Å². The molecule has 0 aliphatic heterocycles. The first-order valence-corrected chi connectivity index (χ1v) is 6.19. The van der Waals surface area contributed by atoms with Crippen molar-refractivity contribution < 1.29 is 22.3 Å². The highest BCUT2D eigenvalue weighted by molar-refractivity contribution is 9.10. The molecule has 108 valence electrons. The van der Waals surface area contributed by atoms with Gasteiger partial charge >= 0.3 is 6.18 Å². The molecule has 0 radical (unpaired) electrons. The lowest BCUT2D eigenvalue weighted by atomic mass is 10.0. The van der Waals surface area contributed by atoms with Crippen LogP contribution < -0.4 is 11.3 Å². The fourth-order valence-electron chi connectivity index (χ4n) is 1.51. The molecule has 0 amide bonds. The lowest BCUT2D eigenvalue weighted by Gasteiger charge is -2.18. The maximum Gasteiger partial charge on any atom is 0.411 e. The van der Waals surface area contributed by atoms with Crippen LogP contribution in [0.25, 0.3) is 0 Å². The lowest BCUT2D eigenvalue weighted by molar-refractivity contribution is -0.174. The monoisotopic (exact) mass is 344 g/mol. The molecule has 0 fully saturated rings. The second-order valence-corrected chi connectivity index (χ2v) is 4.67. The number of nitrogens with one attached hydrogen (secondary N) is 1. The lowest BCUT2D eigenvalue weighted by Crippen LogP contribution is -2.30. The first kappa shape index (κ1) is 16.4. The first-order valence-electron chi connectivity index (χ1n) is 5.39. The van der Waals surface area contributed by atoms with Crippen LogP contribution in [0.4, 0.5) is 17.6 Å². The molecule has 19 heavy (non-hydrogen) atoms. The van der Waals surface area contributed by atoms with Crippen LogP contribution in [0.5, 0.6) is 0 Å². The average Bonchev–Trinajstić information content (AvgIpc) is 2.32. The Balaban J connectivity index is 2.56. The van der Waals surface area contributed by atoms with E-state index in [9.17, 15) is 17.6 Å². The summed E-state index contributed by atoms with van der Waals surface area (Å²) in [5.41, 5.74) is 2.63. The number of rotatable bonds is 6. The van der Waals surface area contributed by atoms with Crippen molar-refractivity contribution in [2.75, 3.05) is 13.2 Å². The van der Waals surface area contributed by atoms with E-state index in [4.69, 9.17) is 5.84 Å². The molecule has 3 N–H and O–H groups in total. The van der Waals surface area contributed by atoms with E-state index in [0.29, 0.717) is 0 Å². The molecule has 0 aromatic heterocycles. The van der Waals surface area contributed by atoms with E-state index in [1.807, 2.05) is 0 Å². The van der Waals surface area contributed by atoms with Crippen LogP contribution in [0.2, 0.25) is 0 Å². The van der Waals surface area contributed by atoms with Crippen molar-refractivity contribution in [1.82, 2.24) is 5.43 Å². The van der Waals surface area contributed by atoms with Crippen molar-refractivity contribution in [1.29, 1.82) is 0 Å². The molecule has 0 aliphatic rings. The van der Waals surface area contributed by atoms with E-state index in [0.717, 1.165) is 0 Å². The Morgan fingerprint density at radius 3 is 2.63 bits per heavy atom. The first-order chi connectivity index (χ1) is 8.85. The van der Waals surface area contributed by atoms with Crippen LogP contribution in [0.15, 0.2) is 22.7 Å². The van der Waals surface area contributed by atoms with Crippen LogP contribution >= 0.6 is 15.9 Å². The number of hydrazine groups is 1. The molecule has 8 heteroatoms. The van der Waals surface area contributed by atoms with E-state index in [2.05, 4.69) is 26.1 Å². The number of hydrogen-bond donors (Lipinski definition) is 2. The molecule has 0 saturated carbocycles. The Morgan fingerprint density at radius 2 is 2.05 bits per heavy atom. The molecule has 1 unspecified atom stereocenters. The third-order valence-electron chi connectivity index (χ3n) is 2.37. The van der Waals surface area contributed by atoms with Gasteiger partial charge in [0.2, 0.25) is 0 Å². The van der Waals surface area contributed by atoms with Gasteiger partial charge in [-0.25, -0.2) is 4.39 Å². The van der Waals surface area contributed by atoms with E-state index in [-0.39, 0.29) is 23.1 Å². The molecular formula is C11H13BrF4N2O. The zero-order valence-electron chi connectivity index (χ0n) is 9.81. The Morgan fingerprint density at radius 1 is 1.37 bits per heavy atom. The van der Waals surface area contributed by atoms with Gasteiger partial charge in [-0.2, -0.15) is 13.2 Å². The van der Waals surface area contributed by atoms with Crippen LogP contribution in [-0.2, 0) is 4.74 Å². The third-order valence-corrected chi connectivity index (χ3v) is 2.99. The number of halogens is 5. The summed E-state index contributed by atoms with van der Waals surface area (Å²) in [4.78, 5) is 0. The normalized spacial score (nSPS) is 13.6. The molecule has 0 spiro atoms. The number of nitrogens with two attached hydrogens (primary N) is 1. The third kappa shape index (κ3) is 5.43. The summed E-state index contributed by atoms with van der Waals surface area (Å²) in [6, 6.07) is 4.02. The summed E-state index contributed by atoms with van der Waals surface area (Å²) in [5.74, 6) is 4.78. The fourth-order valence-corrected chi connectivity index (χ4v) is 1.89. The molecule has 0 heterocycles. The van der Waals surface area contributed by atoms with Gasteiger partial charge < -0.3 is 4.74 Å². The van der Waals surface area contributed by atoms with Gasteiger partial charge in [0, 0.05) is 12.2 Å². The predicted molar refractivity (Wildman–Crippen MR) is 65.7 cm³/mol. The van der Waals surface area contributed by atoms with Crippen molar-refractivity contribution in [3.63, 3.8) is 0 Å². The summed E-state index contributed by atoms with van der Waals surface area (Å²) in [6.07, 6.45) is -4.24. The van der Waals surface area contributed by atoms with E-state index in [1.54, 1.807) is 6.07 Å². The molecule has 1 atom stereocenters. The van der Waals surface area contributed by atoms with E-state index in [1.165, 1.54) is 12.1 Å². The topological polar surface area (TPSA) is 47.3 Å². The molecule has 0 bridgehead atoms. The number of ether oxygens (including phenoxy) is 1. The van der Waals surface area contributed by atoms with Crippen molar-refractivity contribution in [2.24, 2.45) is 5.84 Å². The standard InChI is InChI=1S/C11H13BrF4N2O/c12-8-3-1-2-7(10(8)13)9(18-17)4-5-19-6-11(14,15)16/h1-3,9,18H,4-6,17H2. The zero-order chi connectivity index (χ0) is 14.5.